The third-order valence-electron chi connectivity index (χ3n) is 9.86. The third kappa shape index (κ3) is 9.37. The number of alkyl carbamates (subject to hydrolysis) is 1. The van der Waals surface area contributed by atoms with Gasteiger partial charge in [-0.2, -0.15) is 0 Å². The van der Waals surface area contributed by atoms with Crippen LogP contribution in [0.3, 0.4) is 0 Å². The summed E-state index contributed by atoms with van der Waals surface area (Å²) in [7, 11) is -1.81. The van der Waals surface area contributed by atoms with Crippen LogP contribution in [0.4, 0.5) is 14.0 Å². The number of fused-ring (bicyclic) bond motifs is 1. The van der Waals surface area contributed by atoms with Gasteiger partial charge >= 0.3 is 19.3 Å². The predicted octanol–water partition coefficient (Wildman–Crippen LogP) is 3.51. The number of ether oxygens (including phenoxy) is 2. The zero-order valence-electron chi connectivity index (χ0n) is 28.0. The Morgan fingerprint density at radius 1 is 1.06 bits per heavy atom. The van der Waals surface area contributed by atoms with Crippen molar-refractivity contribution >= 4 is 31.1 Å². The number of likely N-dealkylation sites (tertiary alicyclic amines) is 1. The summed E-state index contributed by atoms with van der Waals surface area (Å²) in [6, 6.07) is 2.60. The van der Waals surface area contributed by atoms with Crippen LogP contribution in [0.25, 0.3) is 0 Å². The molecule has 1 aromatic rings. The molecule has 1 aromatic carbocycles. The van der Waals surface area contributed by atoms with E-state index < -0.39 is 61.1 Å². The second kappa shape index (κ2) is 16.6. The fourth-order valence-electron chi connectivity index (χ4n) is 6.58. The van der Waals surface area contributed by atoms with Crippen LogP contribution in [0.5, 0.6) is 0 Å². The minimum Gasteiger partial charge on any atom is -0.449 e. The SMILES string of the molecule is CCC[C@H](NC(=O)[C@@H]1C[C@@H](OC(=O)N2Cc3cccc(F)c3C2)CN1C(=O)[C@@H](NC(=O)OCC(C)C(C)C)C1CCCCC1)B(O)O. The Hall–Kier alpha value is -3.39. The number of carbonyl (C=O) groups is 4. The molecule has 1 saturated carbocycles. The highest BCUT2D eigenvalue weighted by atomic mass is 19.1. The normalized spacial score (nSPS) is 21.5. The largest absolute Gasteiger partial charge is 0.475 e. The van der Waals surface area contributed by atoms with E-state index in [0.29, 0.717) is 42.7 Å². The van der Waals surface area contributed by atoms with Gasteiger partial charge in [0.05, 0.1) is 25.6 Å². The zero-order chi connectivity index (χ0) is 34.2. The number of benzene rings is 1. The molecule has 4 amide bonds. The molecule has 5 atom stereocenters. The van der Waals surface area contributed by atoms with Crippen molar-refractivity contribution in [3.05, 3.63) is 35.1 Å². The summed E-state index contributed by atoms with van der Waals surface area (Å²) in [6.07, 6.45) is 2.78. The van der Waals surface area contributed by atoms with E-state index in [1.807, 2.05) is 27.7 Å². The van der Waals surface area contributed by atoms with E-state index in [0.717, 1.165) is 19.3 Å². The Morgan fingerprint density at radius 3 is 2.43 bits per heavy atom. The number of nitrogens with zero attached hydrogens (tertiary/aromatic N) is 2. The van der Waals surface area contributed by atoms with Crippen molar-refractivity contribution in [1.82, 2.24) is 20.4 Å². The predicted molar refractivity (Wildman–Crippen MR) is 172 cm³/mol. The topological polar surface area (TPSA) is 158 Å². The number of halogens is 1. The first kappa shape index (κ1) is 36.5. The van der Waals surface area contributed by atoms with Gasteiger partial charge in [0.2, 0.25) is 11.8 Å². The van der Waals surface area contributed by atoms with Crippen LogP contribution in [0, 0.1) is 23.6 Å². The molecule has 4 rings (SSSR count). The van der Waals surface area contributed by atoms with Gasteiger partial charge in [0.15, 0.2) is 0 Å². The Bertz CT molecular complexity index is 1260. The Balaban J connectivity index is 1.53. The lowest BCUT2D eigenvalue weighted by molar-refractivity contribution is -0.141. The minimum absolute atomic E-state index is 0.0352. The maximum atomic E-state index is 14.3. The van der Waals surface area contributed by atoms with Crippen molar-refractivity contribution < 1.29 is 43.1 Å². The van der Waals surface area contributed by atoms with Crippen molar-refractivity contribution in [2.24, 2.45) is 17.8 Å². The fourth-order valence-corrected chi connectivity index (χ4v) is 6.58. The maximum Gasteiger partial charge on any atom is 0.475 e. The lowest BCUT2D eigenvalue weighted by atomic mass is 9.76. The molecule has 2 heterocycles. The highest BCUT2D eigenvalue weighted by molar-refractivity contribution is 6.43. The van der Waals surface area contributed by atoms with E-state index in [1.165, 1.54) is 15.9 Å². The average molecular weight is 661 g/mol. The first-order chi connectivity index (χ1) is 22.4. The zero-order valence-corrected chi connectivity index (χ0v) is 28.0. The van der Waals surface area contributed by atoms with Crippen LogP contribution in [0.15, 0.2) is 18.2 Å². The summed E-state index contributed by atoms with van der Waals surface area (Å²) in [5.74, 6) is -2.24. The van der Waals surface area contributed by atoms with Gasteiger partial charge in [-0.3, -0.25) is 14.5 Å². The third-order valence-corrected chi connectivity index (χ3v) is 9.86. The molecule has 12 nitrogen and oxygen atoms in total. The first-order valence-corrected chi connectivity index (χ1v) is 17.0. The highest BCUT2D eigenvalue weighted by Crippen LogP contribution is 2.31. The molecule has 1 aliphatic carbocycles. The smallest absolute Gasteiger partial charge is 0.449 e. The van der Waals surface area contributed by atoms with E-state index in [-0.39, 0.29) is 44.5 Å². The summed E-state index contributed by atoms with van der Waals surface area (Å²) in [5.41, 5.74) is 1.11. The van der Waals surface area contributed by atoms with Gasteiger partial charge in [-0.25, -0.2) is 14.0 Å². The lowest BCUT2D eigenvalue weighted by Crippen LogP contribution is -2.58. The molecule has 2 aliphatic heterocycles. The quantitative estimate of drug-likeness (QED) is 0.248. The summed E-state index contributed by atoms with van der Waals surface area (Å²) in [6.45, 7) is 8.17. The van der Waals surface area contributed by atoms with E-state index in [2.05, 4.69) is 10.6 Å². The molecule has 0 bridgehead atoms. The van der Waals surface area contributed by atoms with Gasteiger partial charge in [0.1, 0.15) is 24.0 Å². The van der Waals surface area contributed by atoms with Crippen molar-refractivity contribution in [2.45, 2.75) is 116 Å². The van der Waals surface area contributed by atoms with Crippen molar-refractivity contribution in [1.29, 1.82) is 0 Å². The van der Waals surface area contributed by atoms with Crippen LogP contribution in [-0.4, -0.2) is 88.2 Å². The molecule has 260 valence electrons. The Kier molecular flexibility index (Phi) is 12.9. The second-order valence-corrected chi connectivity index (χ2v) is 13.6. The van der Waals surface area contributed by atoms with Crippen molar-refractivity contribution in [2.75, 3.05) is 13.2 Å². The molecular formula is C33H50BFN4O8. The van der Waals surface area contributed by atoms with Crippen LogP contribution in [0.2, 0.25) is 0 Å². The van der Waals surface area contributed by atoms with Crippen LogP contribution in [0.1, 0.15) is 90.2 Å². The van der Waals surface area contributed by atoms with Gasteiger partial charge in [0, 0.05) is 18.5 Å². The standard InChI is InChI=1S/C33H50BFN4O8/c1-5-10-28(34(44)45)36-30(40)27-15-24(47-33(43)38-16-23-13-9-14-26(35)25(23)18-38)17-39(27)31(41)29(22-11-7-6-8-12-22)37-32(42)46-19-21(4)20(2)3/h9,13-14,20-22,24,27-29,44-45H,5-8,10-12,15-19H2,1-4H3,(H,36,40)(H,37,42)/t21?,24-,27+,28+,29+/m1/s1. The summed E-state index contributed by atoms with van der Waals surface area (Å²) in [5, 5.41) is 25.2. The molecule has 1 saturated heterocycles. The van der Waals surface area contributed by atoms with Crippen molar-refractivity contribution in [3.63, 3.8) is 0 Å². The molecule has 0 spiro atoms. The van der Waals surface area contributed by atoms with Gasteiger partial charge in [-0.05, 0) is 48.6 Å². The number of carbonyl (C=O) groups excluding carboxylic acids is 4. The molecule has 0 radical (unpaired) electrons. The van der Waals surface area contributed by atoms with E-state index >= 15 is 0 Å². The van der Waals surface area contributed by atoms with Crippen LogP contribution >= 0.6 is 0 Å². The molecule has 3 aliphatic rings. The number of hydrogen-bond donors (Lipinski definition) is 4. The van der Waals surface area contributed by atoms with Gasteiger partial charge in [-0.1, -0.05) is 65.5 Å². The van der Waals surface area contributed by atoms with Crippen molar-refractivity contribution in [3.8, 4) is 0 Å². The molecule has 47 heavy (non-hydrogen) atoms. The second-order valence-electron chi connectivity index (χ2n) is 13.6. The molecule has 1 unspecified atom stereocenters. The number of hydrogen-bond acceptors (Lipinski definition) is 8. The summed E-state index contributed by atoms with van der Waals surface area (Å²) < 4.78 is 25.6. The monoisotopic (exact) mass is 660 g/mol. The maximum absolute atomic E-state index is 14.3. The molecular weight excluding hydrogens is 610 g/mol. The van der Waals surface area contributed by atoms with E-state index in [1.54, 1.807) is 12.1 Å². The Labute approximate surface area is 276 Å². The van der Waals surface area contributed by atoms with E-state index in [9.17, 15) is 33.6 Å². The van der Waals surface area contributed by atoms with E-state index in [4.69, 9.17) is 9.47 Å². The molecule has 4 N–H and O–H groups in total. The number of rotatable bonds is 12. The average Bonchev–Trinajstić information content (AvgIpc) is 3.68. The van der Waals surface area contributed by atoms with Gasteiger partial charge in [-0.15, -0.1) is 0 Å². The highest BCUT2D eigenvalue weighted by Gasteiger charge is 2.46. The lowest BCUT2D eigenvalue weighted by Gasteiger charge is -2.34. The molecule has 2 fully saturated rings. The number of nitrogens with one attached hydrogen (secondary N) is 2. The van der Waals surface area contributed by atoms with Crippen LogP contribution < -0.4 is 10.6 Å². The summed E-state index contributed by atoms with van der Waals surface area (Å²) >= 11 is 0. The molecule has 0 aromatic heterocycles. The molecule has 14 heteroatoms. The summed E-state index contributed by atoms with van der Waals surface area (Å²) in [4.78, 5) is 56.9. The first-order valence-electron chi connectivity index (χ1n) is 17.0. The van der Waals surface area contributed by atoms with Gasteiger partial charge in [0.25, 0.3) is 0 Å². The Morgan fingerprint density at radius 2 is 1.79 bits per heavy atom. The minimum atomic E-state index is -1.81. The number of amides is 4. The van der Waals surface area contributed by atoms with Gasteiger partial charge < -0.3 is 35.1 Å². The fraction of sp³-hybridized carbons (Fsp3) is 0.697. The van der Waals surface area contributed by atoms with Crippen LogP contribution in [-0.2, 0) is 32.2 Å².